The number of carbonyl (C=O) groups excluding carboxylic acids is 1. The van der Waals surface area contributed by atoms with Gasteiger partial charge in [0.25, 0.3) is 0 Å². The normalized spacial score (nSPS) is 17.2. The van der Waals surface area contributed by atoms with Crippen LogP contribution in [-0.4, -0.2) is 67.0 Å². The first-order chi connectivity index (χ1) is 15.0. The van der Waals surface area contributed by atoms with Crippen LogP contribution in [0.15, 0.2) is 52.5 Å². The zero-order valence-corrected chi connectivity index (χ0v) is 21.0. The third-order valence-corrected chi connectivity index (χ3v) is 8.43. The summed E-state index contributed by atoms with van der Waals surface area (Å²) < 4.78 is 27.1. The summed E-state index contributed by atoms with van der Waals surface area (Å²) in [7, 11) is -1.56. The Balaban J connectivity index is 1.59. The van der Waals surface area contributed by atoms with Gasteiger partial charge in [-0.25, -0.2) is 13.4 Å². The maximum absolute atomic E-state index is 12.8. The molecule has 0 radical (unpaired) electrons. The smallest absolute Gasteiger partial charge is 0.244 e. The van der Waals surface area contributed by atoms with Gasteiger partial charge < -0.3 is 10.2 Å². The Kier molecular flexibility index (Phi) is 7.65. The van der Waals surface area contributed by atoms with E-state index >= 15 is 0 Å². The molecule has 32 heavy (non-hydrogen) atoms. The lowest BCUT2D eigenvalue weighted by Gasteiger charge is -2.31. The number of rotatable bonds is 6. The number of hydrogen-bond donors (Lipinski definition) is 1. The molecule has 1 N–H and O–H groups in total. The third kappa shape index (κ3) is 6.10. The number of aromatic nitrogens is 1. The average molecular weight is 477 g/mol. The molecule has 1 aliphatic heterocycles. The number of hydrogen-bond acceptors (Lipinski definition) is 6. The number of benzene rings is 1. The molecule has 7 nitrogen and oxygen atoms in total. The van der Waals surface area contributed by atoms with E-state index in [9.17, 15) is 13.2 Å². The number of thioether (sulfide) groups is 1. The van der Waals surface area contributed by atoms with Crippen molar-refractivity contribution in [1.29, 1.82) is 0 Å². The second-order valence-corrected chi connectivity index (χ2v) is 12.4. The monoisotopic (exact) mass is 476 g/mol. The Morgan fingerprint density at radius 3 is 2.22 bits per heavy atom. The predicted molar refractivity (Wildman–Crippen MR) is 130 cm³/mol. The molecule has 1 unspecified atom stereocenters. The lowest BCUT2D eigenvalue weighted by Crippen LogP contribution is -2.47. The molecule has 1 saturated heterocycles. The minimum absolute atomic E-state index is 0.0569. The Morgan fingerprint density at radius 2 is 1.69 bits per heavy atom. The van der Waals surface area contributed by atoms with Crippen LogP contribution in [-0.2, 0) is 20.2 Å². The number of piperazine rings is 1. The first kappa shape index (κ1) is 24.7. The Morgan fingerprint density at radius 1 is 1.06 bits per heavy atom. The first-order valence-electron chi connectivity index (χ1n) is 10.7. The van der Waals surface area contributed by atoms with Gasteiger partial charge in [-0.3, -0.25) is 4.79 Å². The van der Waals surface area contributed by atoms with Crippen molar-refractivity contribution in [3.05, 3.63) is 48.2 Å². The van der Waals surface area contributed by atoms with E-state index in [2.05, 4.69) is 36.0 Å². The highest BCUT2D eigenvalue weighted by molar-refractivity contribution is 8.00. The quantitative estimate of drug-likeness (QED) is 0.643. The van der Waals surface area contributed by atoms with Gasteiger partial charge in [-0.2, -0.15) is 4.31 Å². The van der Waals surface area contributed by atoms with E-state index in [4.69, 9.17) is 0 Å². The van der Waals surface area contributed by atoms with Crippen LogP contribution < -0.4 is 5.32 Å². The summed E-state index contributed by atoms with van der Waals surface area (Å²) in [6, 6.07) is 11.1. The number of pyridine rings is 1. The van der Waals surface area contributed by atoms with Crippen LogP contribution in [0.4, 0.5) is 5.69 Å². The molecule has 2 heterocycles. The molecule has 174 valence electrons. The van der Waals surface area contributed by atoms with Crippen LogP contribution in [0, 0.1) is 0 Å². The van der Waals surface area contributed by atoms with Crippen molar-refractivity contribution in [2.45, 2.75) is 48.3 Å². The third-order valence-electron chi connectivity index (χ3n) is 5.49. The maximum atomic E-state index is 12.8. The minimum atomic E-state index is -3.55. The van der Waals surface area contributed by atoms with Gasteiger partial charge in [0.2, 0.25) is 15.9 Å². The molecule has 1 fully saturated rings. The van der Waals surface area contributed by atoms with Gasteiger partial charge in [-0.05, 0) is 49.2 Å². The molecule has 1 aromatic heterocycles. The van der Waals surface area contributed by atoms with Crippen LogP contribution in [0.5, 0.6) is 0 Å². The fourth-order valence-electron chi connectivity index (χ4n) is 3.30. The van der Waals surface area contributed by atoms with E-state index in [1.807, 2.05) is 31.3 Å². The molecule has 0 saturated carbocycles. The molecular formula is C23H32N4O3S2. The summed E-state index contributed by atoms with van der Waals surface area (Å²) in [5, 5.41) is 3.15. The largest absolute Gasteiger partial charge is 0.325 e. The molecule has 0 bridgehead atoms. The minimum Gasteiger partial charge on any atom is -0.325 e. The van der Waals surface area contributed by atoms with Crippen LogP contribution in [0.2, 0.25) is 0 Å². The average Bonchev–Trinajstić information content (AvgIpc) is 2.74. The standard InChI is InChI=1S/C23H32N4O3S2/c1-17(22(28)25-19-8-6-18(7-9-19)23(2,3)4)31-21-11-10-20(16-24-21)32(29,30)27-14-12-26(5)13-15-27/h6-11,16-17H,12-15H2,1-5H3,(H,25,28). The summed E-state index contributed by atoms with van der Waals surface area (Å²) >= 11 is 1.30. The maximum Gasteiger partial charge on any atom is 0.244 e. The number of nitrogens with zero attached hydrogens (tertiary/aromatic N) is 3. The summed E-state index contributed by atoms with van der Waals surface area (Å²) in [4.78, 5) is 19.2. The molecule has 1 atom stereocenters. The summed E-state index contributed by atoms with van der Waals surface area (Å²) in [5.74, 6) is -0.130. The SMILES string of the molecule is CC(Sc1ccc(S(=O)(=O)N2CCN(C)CC2)cn1)C(=O)Nc1ccc(C(C)(C)C)cc1. The number of amides is 1. The topological polar surface area (TPSA) is 82.6 Å². The Hall–Kier alpha value is -1.94. The molecule has 0 aliphatic carbocycles. The van der Waals surface area contributed by atoms with E-state index in [-0.39, 0.29) is 21.5 Å². The van der Waals surface area contributed by atoms with E-state index < -0.39 is 10.0 Å². The first-order valence-corrected chi connectivity index (χ1v) is 13.0. The second-order valence-electron chi connectivity index (χ2n) is 9.12. The number of likely N-dealkylation sites (N-methyl/N-ethyl adjacent to an activating group) is 1. The Labute approximate surface area is 195 Å². The number of nitrogens with one attached hydrogen (secondary N) is 1. The predicted octanol–water partition coefficient (Wildman–Crippen LogP) is 3.43. The number of anilines is 1. The Bertz CT molecular complexity index is 1020. The van der Waals surface area contributed by atoms with Gasteiger partial charge in [-0.1, -0.05) is 44.7 Å². The second kappa shape index (κ2) is 9.91. The van der Waals surface area contributed by atoms with Crippen LogP contribution in [0.3, 0.4) is 0 Å². The molecule has 2 aromatic rings. The molecule has 1 aliphatic rings. The van der Waals surface area contributed by atoms with E-state index in [0.717, 1.165) is 5.69 Å². The van der Waals surface area contributed by atoms with Crippen molar-refractivity contribution in [3.63, 3.8) is 0 Å². The van der Waals surface area contributed by atoms with Crippen LogP contribution >= 0.6 is 11.8 Å². The van der Waals surface area contributed by atoms with E-state index in [1.54, 1.807) is 19.1 Å². The molecule has 1 aromatic carbocycles. The van der Waals surface area contributed by atoms with E-state index in [0.29, 0.717) is 31.2 Å². The van der Waals surface area contributed by atoms with Gasteiger partial charge in [0, 0.05) is 38.1 Å². The molecule has 3 rings (SSSR count). The highest BCUT2D eigenvalue weighted by Crippen LogP contribution is 2.26. The van der Waals surface area contributed by atoms with E-state index in [1.165, 1.54) is 27.8 Å². The van der Waals surface area contributed by atoms with Crippen LogP contribution in [0.1, 0.15) is 33.3 Å². The highest BCUT2D eigenvalue weighted by Gasteiger charge is 2.28. The van der Waals surface area contributed by atoms with Crippen molar-refractivity contribution in [2.24, 2.45) is 0 Å². The van der Waals surface area contributed by atoms with Gasteiger partial charge >= 0.3 is 0 Å². The summed E-state index contributed by atoms with van der Waals surface area (Å²) in [6.07, 6.45) is 1.38. The number of sulfonamides is 1. The fraction of sp³-hybridized carbons (Fsp3) is 0.478. The van der Waals surface area contributed by atoms with Gasteiger partial charge in [-0.15, -0.1) is 0 Å². The molecule has 0 spiro atoms. The molecular weight excluding hydrogens is 444 g/mol. The number of carbonyl (C=O) groups is 1. The summed E-state index contributed by atoms with van der Waals surface area (Å²) in [6.45, 7) is 10.6. The zero-order valence-electron chi connectivity index (χ0n) is 19.3. The van der Waals surface area contributed by atoms with Gasteiger partial charge in [0.15, 0.2) is 0 Å². The molecule has 1 amide bonds. The van der Waals surface area contributed by atoms with Gasteiger partial charge in [0.1, 0.15) is 4.90 Å². The molecule has 9 heteroatoms. The van der Waals surface area contributed by atoms with Crippen molar-refractivity contribution in [2.75, 3.05) is 38.5 Å². The van der Waals surface area contributed by atoms with Crippen molar-refractivity contribution >= 4 is 33.4 Å². The van der Waals surface area contributed by atoms with Crippen molar-refractivity contribution < 1.29 is 13.2 Å². The van der Waals surface area contributed by atoms with Gasteiger partial charge in [0.05, 0.1) is 10.3 Å². The van der Waals surface area contributed by atoms with Crippen molar-refractivity contribution in [1.82, 2.24) is 14.2 Å². The fourth-order valence-corrected chi connectivity index (χ4v) is 5.46. The van der Waals surface area contributed by atoms with Crippen LogP contribution in [0.25, 0.3) is 0 Å². The summed E-state index contributed by atoms with van der Waals surface area (Å²) in [5.41, 5.74) is 2.01. The lowest BCUT2D eigenvalue weighted by atomic mass is 9.87. The zero-order chi connectivity index (χ0) is 23.5. The lowest BCUT2D eigenvalue weighted by molar-refractivity contribution is -0.115. The highest BCUT2D eigenvalue weighted by atomic mass is 32.2. The van der Waals surface area contributed by atoms with Crippen molar-refractivity contribution in [3.8, 4) is 0 Å².